The molecule has 2 heterocycles. The minimum atomic E-state index is 0.0490. The molecule has 5 rings (SSSR count). The Labute approximate surface area is 213 Å². The third-order valence-corrected chi connectivity index (χ3v) is 6.96. The molecule has 1 atom stereocenters. The SMILES string of the molecule is O=C(Cc1ccc(N2CCC(NCC[C@@H]3COc4ccccc4O3)CC2)cc1)NCc1ccccc1. The highest BCUT2D eigenvalue weighted by atomic mass is 16.6. The summed E-state index contributed by atoms with van der Waals surface area (Å²) in [4.78, 5) is 14.7. The van der Waals surface area contributed by atoms with Crippen LogP contribution < -0.4 is 25.0 Å². The molecular formula is C30H35N3O3. The van der Waals surface area contributed by atoms with Gasteiger partial charge in [0.25, 0.3) is 0 Å². The van der Waals surface area contributed by atoms with Gasteiger partial charge in [0.05, 0.1) is 6.42 Å². The van der Waals surface area contributed by atoms with E-state index in [1.54, 1.807) is 0 Å². The Morgan fingerprint density at radius 1 is 0.861 bits per heavy atom. The Morgan fingerprint density at radius 3 is 2.36 bits per heavy atom. The maximum absolute atomic E-state index is 12.3. The number of anilines is 1. The molecule has 0 spiro atoms. The molecular weight excluding hydrogens is 450 g/mol. The molecule has 0 radical (unpaired) electrons. The maximum Gasteiger partial charge on any atom is 0.224 e. The van der Waals surface area contributed by atoms with Crippen molar-refractivity contribution in [3.63, 3.8) is 0 Å². The number of hydrogen-bond donors (Lipinski definition) is 2. The number of benzene rings is 3. The second-order valence-electron chi connectivity index (χ2n) is 9.61. The fourth-order valence-corrected chi connectivity index (χ4v) is 4.86. The first-order valence-electron chi connectivity index (χ1n) is 13.0. The Bertz CT molecular complexity index is 1110. The summed E-state index contributed by atoms with van der Waals surface area (Å²) in [7, 11) is 0. The van der Waals surface area contributed by atoms with E-state index in [1.807, 2.05) is 54.6 Å². The molecule has 6 heteroatoms. The van der Waals surface area contributed by atoms with E-state index in [1.165, 1.54) is 5.69 Å². The first-order chi connectivity index (χ1) is 17.7. The van der Waals surface area contributed by atoms with E-state index in [-0.39, 0.29) is 12.0 Å². The summed E-state index contributed by atoms with van der Waals surface area (Å²) in [5.41, 5.74) is 3.38. The van der Waals surface area contributed by atoms with Gasteiger partial charge in [-0.2, -0.15) is 0 Å². The van der Waals surface area contributed by atoms with E-state index in [0.717, 1.165) is 61.5 Å². The molecule has 0 aliphatic carbocycles. The fraction of sp³-hybridized carbons (Fsp3) is 0.367. The van der Waals surface area contributed by atoms with Gasteiger partial charge in [-0.1, -0.05) is 54.6 Å². The lowest BCUT2D eigenvalue weighted by Crippen LogP contribution is -2.44. The lowest BCUT2D eigenvalue weighted by molar-refractivity contribution is -0.120. The van der Waals surface area contributed by atoms with E-state index >= 15 is 0 Å². The highest BCUT2D eigenvalue weighted by Crippen LogP contribution is 2.31. The highest BCUT2D eigenvalue weighted by molar-refractivity contribution is 5.78. The van der Waals surface area contributed by atoms with Gasteiger partial charge in [0, 0.05) is 37.8 Å². The number of hydrogen-bond acceptors (Lipinski definition) is 5. The van der Waals surface area contributed by atoms with Crippen molar-refractivity contribution >= 4 is 11.6 Å². The molecule has 3 aromatic rings. The first-order valence-corrected chi connectivity index (χ1v) is 13.0. The van der Waals surface area contributed by atoms with Crippen molar-refractivity contribution in [1.82, 2.24) is 10.6 Å². The number of rotatable bonds is 9. The Hall–Kier alpha value is -3.51. The second kappa shape index (κ2) is 12.0. The van der Waals surface area contributed by atoms with Gasteiger partial charge in [-0.3, -0.25) is 4.79 Å². The lowest BCUT2D eigenvalue weighted by Gasteiger charge is -2.34. The van der Waals surface area contributed by atoms with Crippen molar-refractivity contribution in [2.24, 2.45) is 0 Å². The normalized spacial score (nSPS) is 17.6. The summed E-state index contributed by atoms with van der Waals surface area (Å²) in [5, 5.41) is 6.71. The third-order valence-electron chi connectivity index (χ3n) is 6.96. The maximum atomic E-state index is 12.3. The van der Waals surface area contributed by atoms with Crippen LogP contribution in [0.3, 0.4) is 0 Å². The predicted molar refractivity (Wildman–Crippen MR) is 143 cm³/mol. The summed E-state index contributed by atoms with van der Waals surface area (Å²) >= 11 is 0. The number of carbonyl (C=O) groups is 1. The van der Waals surface area contributed by atoms with E-state index in [2.05, 4.69) is 39.8 Å². The van der Waals surface area contributed by atoms with E-state index in [4.69, 9.17) is 9.47 Å². The van der Waals surface area contributed by atoms with Crippen LogP contribution in [-0.4, -0.2) is 44.3 Å². The molecule has 188 valence electrons. The number of piperidine rings is 1. The van der Waals surface area contributed by atoms with Gasteiger partial charge >= 0.3 is 0 Å². The van der Waals surface area contributed by atoms with Gasteiger partial charge in [0.2, 0.25) is 5.91 Å². The molecule has 2 N–H and O–H groups in total. The summed E-state index contributed by atoms with van der Waals surface area (Å²) < 4.78 is 11.9. The minimum absolute atomic E-state index is 0.0490. The van der Waals surface area contributed by atoms with Gasteiger partial charge < -0.3 is 25.0 Å². The third kappa shape index (κ3) is 6.58. The van der Waals surface area contributed by atoms with Gasteiger partial charge in [-0.25, -0.2) is 0 Å². The molecule has 1 amide bonds. The number of ether oxygens (including phenoxy) is 2. The number of nitrogens with one attached hydrogen (secondary N) is 2. The monoisotopic (exact) mass is 485 g/mol. The van der Waals surface area contributed by atoms with E-state index in [9.17, 15) is 4.79 Å². The fourth-order valence-electron chi connectivity index (χ4n) is 4.86. The predicted octanol–water partition coefficient (Wildman–Crippen LogP) is 4.33. The topological polar surface area (TPSA) is 62.8 Å². The minimum Gasteiger partial charge on any atom is -0.486 e. The Morgan fingerprint density at radius 2 is 1.58 bits per heavy atom. The van der Waals surface area contributed by atoms with Crippen molar-refractivity contribution in [2.45, 2.75) is 44.4 Å². The largest absolute Gasteiger partial charge is 0.486 e. The van der Waals surface area contributed by atoms with Crippen molar-refractivity contribution < 1.29 is 14.3 Å². The molecule has 0 bridgehead atoms. The molecule has 0 saturated carbocycles. The van der Waals surface area contributed by atoms with Crippen LogP contribution in [0, 0.1) is 0 Å². The number of fused-ring (bicyclic) bond motifs is 1. The van der Waals surface area contributed by atoms with Crippen LogP contribution in [-0.2, 0) is 17.8 Å². The molecule has 6 nitrogen and oxygen atoms in total. The number of nitrogens with zero attached hydrogens (tertiary/aromatic N) is 1. The average Bonchev–Trinajstić information content (AvgIpc) is 2.93. The van der Waals surface area contributed by atoms with E-state index < -0.39 is 0 Å². The van der Waals surface area contributed by atoms with Crippen LogP contribution >= 0.6 is 0 Å². The molecule has 1 fully saturated rings. The standard InChI is InChI=1S/C30H35N3O3/c34-30(32-21-24-6-2-1-3-7-24)20-23-10-12-26(13-11-23)33-18-15-25(16-19-33)31-17-14-27-22-35-28-8-4-5-9-29(28)36-27/h1-13,25,27,31H,14-22H2,(H,32,34)/t27-/m1/s1. The highest BCUT2D eigenvalue weighted by Gasteiger charge is 2.22. The van der Waals surface area contributed by atoms with Crippen LogP contribution in [0.5, 0.6) is 11.5 Å². The van der Waals surface area contributed by atoms with Gasteiger partial charge in [0.1, 0.15) is 12.7 Å². The van der Waals surface area contributed by atoms with Crippen LogP contribution in [0.1, 0.15) is 30.4 Å². The first kappa shape index (κ1) is 24.2. The Balaban J connectivity index is 0.999. The molecule has 3 aromatic carbocycles. The smallest absolute Gasteiger partial charge is 0.224 e. The quantitative estimate of drug-likeness (QED) is 0.472. The van der Waals surface area contributed by atoms with Crippen LogP contribution in [0.25, 0.3) is 0 Å². The zero-order valence-corrected chi connectivity index (χ0v) is 20.7. The van der Waals surface area contributed by atoms with Gasteiger partial charge in [-0.05, 0) is 54.8 Å². The van der Waals surface area contributed by atoms with E-state index in [0.29, 0.717) is 25.6 Å². The Kier molecular flexibility index (Phi) is 8.03. The van der Waals surface area contributed by atoms with Gasteiger partial charge in [-0.15, -0.1) is 0 Å². The summed E-state index contributed by atoms with van der Waals surface area (Å²) in [5.74, 6) is 1.74. The number of carbonyl (C=O) groups excluding carboxylic acids is 1. The molecule has 36 heavy (non-hydrogen) atoms. The van der Waals surface area contributed by atoms with Crippen LogP contribution in [0.4, 0.5) is 5.69 Å². The molecule has 0 aromatic heterocycles. The zero-order valence-electron chi connectivity index (χ0n) is 20.7. The second-order valence-corrected chi connectivity index (χ2v) is 9.61. The molecule has 1 saturated heterocycles. The van der Waals surface area contributed by atoms with Gasteiger partial charge in [0.15, 0.2) is 11.5 Å². The van der Waals surface area contributed by atoms with Crippen molar-refractivity contribution in [2.75, 3.05) is 31.1 Å². The molecule has 0 unspecified atom stereocenters. The number of amides is 1. The molecule has 2 aliphatic heterocycles. The van der Waals surface area contributed by atoms with Crippen LogP contribution in [0.15, 0.2) is 78.9 Å². The number of para-hydroxylation sites is 2. The summed E-state index contributed by atoms with van der Waals surface area (Å²) in [6.07, 6.45) is 3.68. The van der Waals surface area contributed by atoms with Crippen LogP contribution in [0.2, 0.25) is 0 Å². The summed E-state index contributed by atoms with van der Waals surface area (Å²) in [6, 6.07) is 26.8. The molecule has 2 aliphatic rings. The summed E-state index contributed by atoms with van der Waals surface area (Å²) in [6.45, 7) is 4.18. The zero-order chi connectivity index (χ0) is 24.6. The van der Waals surface area contributed by atoms with Crippen molar-refractivity contribution in [3.05, 3.63) is 90.0 Å². The van der Waals surface area contributed by atoms with Crippen molar-refractivity contribution in [1.29, 1.82) is 0 Å². The van der Waals surface area contributed by atoms with Crippen molar-refractivity contribution in [3.8, 4) is 11.5 Å². The lowest BCUT2D eigenvalue weighted by atomic mass is 10.0. The average molecular weight is 486 g/mol.